The van der Waals surface area contributed by atoms with Gasteiger partial charge in [-0.25, -0.2) is 4.68 Å². The van der Waals surface area contributed by atoms with Crippen molar-refractivity contribution >= 4 is 34.8 Å². The highest BCUT2D eigenvalue weighted by molar-refractivity contribution is 6.33. The summed E-state index contributed by atoms with van der Waals surface area (Å²) >= 11 is 6.10. The molecule has 3 rings (SSSR count). The van der Waals surface area contributed by atoms with Gasteiger partial charge < -0.3 is 10.6 Å². The van der Waals surface area contributed by atoms with Crippen molar-refractivity contribution in [2.24, 2.45) is 0 Å². The molecule has 2 N–H and O–H groups in total. The van der Waals surface area contributed by atoms with Crippen LogP contribution in [0.25, 0.3) is 11.3 Å². The van der Waals surface area contributed by atoms with E-state index in [1.54, 1.807) is 31.2 Å². The number of hydrogen-bond donors (Lipinski definition) is 2. The second-order valence-corrected chi connectivity index (χ2v) is 7.29. The molecular formula is C22H21ClN4O3. The Kier molecular flexibility index (Phi) is 6.32. The highest BCUT2D eigenvalue weighted by Crippen LogP contribution is 2.23. The highest BCUT2D eigenvalue weighted by atomic mass is 35.5. The minimum absolute atomic E-state index is 0.0467. The van der Waals surface area contributed by atoms with Crippen molar-refractivity contribution in [1.82, 2.24) is 9.78 Å². The van der Waals surface area contributed by atoms with Crippen molar-refractivity contribution in [1.29, 1.82) is 0 Å². The van der Waals surface area contributed by atoms with E-state index >= 15 is 0 Å². The van der Waals surface area contributed by atoms with Gasteiger partial charge in [0.1, 0.15) is 11.7 Å². The Morgan fingerprint density at radius 2 is 1.70 bits per heavy atom. The summed E-state index contributed by atoms with van der Waals surface area (Å²) in [6, 6.07) is 14.9. The van der Waals surface area contributed by atoms with Gasteiger partial charge in [0, 0.05) is 12.5 Å². The lowest BCUT2D eigenvalue weighted by atomic mass is 10.1. The molecule has 154 valence electrons. The number of hydrogen-bond acceptors (Lipinski definition) is 4. The SMILES string of the molecule is CC(=O)Nc1cc(-c2ccc(C)cc2)nn([C@H](C)C(=O)Nc2ccccc2Cl)c1=O. The predicted octanol–water partition coefficient (Wildman–Crippen LogP) is 4.03. The summed E-state index contributed by atoms with van der Waals surface area (Å²) in [5.74, 6) is -0.861. The Bertz CT molecular complexity index is 1160. The first-order chi connectivity index (χ1) is 14.3. The maximum absolute atomic E-state index is 12.9. The summed E-state index contributed by atoms with van der Waals surface area (Å²) in [5, 5.41) is 9.99. The van der Waals surface area contributed by atoms with Crippen LogP contribution in [0, 0.1) is 6.92 Å². The lowest BCUT2D eigenvalue weighted by molar-refractivity contribution is -0.119. The molecule has 0 radical (unpaired) electrons. The van der Waals surface area contributed by atoms with Crippen molar-refractivity contribution in [2.75, 3.05) is 10.6 Å². The molecular weight excluding hydrogens is 404 g/mol. The molecule has 7 nitrogen and oxygen atoms in total. The molecule has 1 aromatic heterocycles. The molecule has 2 amide bonds. The van der Waals surface area contributed by atoms with Gasteiger partial charge in [-0.2, -0.15) is 5.10 Å². The number of carbonyl (C=O) groups is 2. The van der Waals surface area contributed by atoms with Crippen LogP contribution in [0.4, 0.5) is 11.4 Å². The molecule has 1 atom stereocenters. The Balaban J connectivity index is 2.03. The number of anilines is 2. The van der Waals surface area contributed by atoms with Crippen molar-refractivity contribution < 1.29 is 9.59 Å². The lowest BCUT2D eigenvalue weighted by Gasteiger charge is -2.17. The van der Waals surface area contributed by atoms with Gasteiger partial charge in [0.05, 0.1) is 16.4 Å². The van der Waals surface area contributed by atoms with E-state index in [1.165, 1.54) is 13.0 Å². The maximum Gasteiger partial charge on any atom is 0.291 e. The Labute approximate surface area is 178 Å². The number of halogens is 1. The zero-order valence-electron chi connectivity index (χ0n) is 16.8. The normalized spacial score (nSPS) is 11.6. The third kappa shape index (κ3) is 4.75. The highest BCUT2D eigenvalue weighted by Gasteiger charge is 2.21. The quantitative estimate of drug-likeness (QED) is 0.646. The van der Waals surface area contributed by atoms with Crippen LogP contribution in [0.1, 0.15) is 25.5 Å². The fourth-order valence-electron chi connectivity index (χ4n) is 2.83. The summed E-state index contributed by atoms with van der Waals surface area (Å²) in [5.41, 5.74) is 2.17. The van der Waals surface area contributed by atoms with Crippen LogP contribution in [0.15, 0.2) is 59.4 Å². The number of amides is 2. The first kappa shape index (κ1) is 21.3. The van der Waals surface area contributed by atoms with E-state index in [9.17, 15) is 14.4 Å². The molecule has 0 aliphatic heterocycles. The standard InChI is InChI=1S/C22H21ClN4O3/c1-13-8-10-16(11-9-13)19-12-20(24-15(3)28)22(30)27(26-19)14(2)21(29)25-18-7-5-4-6-17(18)23/h4-12,14H,1-3H3,(H,24,28)(H,25,29)/t14-/m1/s1. The molecule has 0 unspecified atom stereocenters. The maximum atomic E-state index is 12.9. The summed E-state index contributed by atoms with van der Waals surface area (Å²) in [7, 11) is 0. The Hall–Kier alpha value is -3.45. The second-order valence-electron chi connectivity index (χ2n) is 6.89. The van der Waals surface area contributed by atoms with Gasteiger partial charge in [0.15, 0.2) is 0 Å². The average Bonchev–Trinajstić information content (AvgIpc) is 2.71. The number of para-hydroxylation sites is 1. The van der Waals surface area contributed by atoms with Gasteiger partial charge in [0.2, 0.25) is 11.8 Å². The number of rotatable bonds is 5. The van der Waals surface area contributed by atoms with Gasteiger partial charge in [-0.15, -0.1) is 0 Å². The van der Waals surface area contributed by atoms with Gasteiger partial charge in [-0.1, -0.05) is 53.6 Å². The molecule has 0 bridgehead atoms. The third-order valence-corrected chi connectivity index (χ3v) is 4.80. The molecule has 8 heteroatoms. The lowest BCUT2D eigenvalue weighted by Crippen LogP contribution is -2.35. The number of carbonyl (C=O) groups excluding carboxylic acids is 2. The van der Waals surface area contributed by atoms with Gasteiger partial charge in [-0.3, -0.25) is 14.4 Å². The molecule has 0 saturated heterocycles. The van der Waals surface area contributed by atoms with Gasteiger partial charge >= 0.3 is 0 Å². The molecule has 0 fully saturated rings. The Morgan fingerprint density at radius 1 is 1.03 bits per heavy atom. The van der Waals surface area contributed by atoms with Crippen LogP contribution in [0.5, 0.6) is 0 Å². The number of nitrogens with zero attached hydrogens (tertiary/aromatic N) is 2. The van der Waals surface area contributed by atoms with Crippen molar-refractivity contribution in [2.45, 2.75) is 26.8 Å². The fraction of sp³-hybridized carbons (Fsp3) is 0.182. The van der Waals surface area contributed by atoms with E-state index in [4.69, 9.17) is 11.6 Å². The van der Waals surface area contributed by atoms with Crippen LogP contribution in [0.3, 0.4) is 0 Å². The van der Waals surface area contributed by atoms with E-state index in [-0.39, 0.29) is 5.69 Å². The van der Waals surface area contributed by atoms with Crippen LogP contribution in [-0.2, 0) is 9.59 Å². The van der Waals surface area contributed by atoms with Crippen molar-refractivity contribution in [3.63, 3.8) is 0 Å². The van der Waals surface area contributed by atoms with Gasteiger partial charge in [-0.05, 0) is 32.0 Å². The third-order valence-electron chi connectivity index (χ3n) is 4.47. The topological polar surface area (TPSA) is 93.1 Å². The number of aryl methyl sites for hydroxylation is 1. The van der Waals surface area contributed by atoms with Gasteiger partial charge in [0.25, 0.3) is 5.56 Å². The summed E-state index contributed by atoms with van der Waals surface area (Å²) < 4.78 is 1.06. The molecule has 30 heavy (non-hydrogen) atoms. The first-order valence-corrected chi connectivity index (χ1v) is 9.68. The molecule has 2 aromatic carbocycles. The molecule has 0 spiro atoms. The largest absolute Gasteiger partial charge is 0.323 e. The molecule has 0 saturated carbocycles. The average molecular weight is 425 g/mol. The zero-order valence-corrected chi connectivity index (χ0v) is 17.5. The molecule has 3 aromatic rings. The smallest absolute Gasteiger partial charge is 0.291 e. The first-order valence-electron chi connectivity index (χ1n) is 9.30. The molecule has 0 aliphatic carbocycles. The monoisotopic (exact) mass is 424 g/mol. The second kappa shape index (κ2) is 8.92. The van der Waals surface area contributed by atoms with Crippen molar-refractivity contribution in [3.8, 4) is 11.3 Å². The van der Waals surface area contributed by atoms with Crippen LogP contribution < -0.4 is 16.2 Å². The number of nitrogens with one attached hydrogen (secondary N) is 2. The summed E-state index contributed by atoms with van der Waals surface area (Å²) in [6.07, 6.45) is 0. The summed E-state index contributed by atoms with van der Waals surface area (Å²) in [4.78, 5) is 37.3. The molecule has 0 aliphatic rings. The minimum atomic E-state index is -0.952. The Morgan fingerprint density at radius 3 is 2.33 bits per heavy atom. The fourth-order valence-corrected chi connectivity index (χ4v) is 3.01. The number of aromatic nitrogens is 2. The van der Waals surface area contributed by atoms with E-state index < -0.39 is 23.4 Å². The number of benzene rings is 2. The van der Waals surface area contributed by atoms with E-state index in [1.807, 2.05) is 31.2 Å². The van der Waals surface area contributed by atoms with E-state index in [2.05, 4.69) is 15.7 Å². The summed E-state index contributed by atoms with van der Waals surface area (Å²) in [6.45, 7) is 4.82. The zero-order chi connectivity index (χ0) is 21.8. The minimum Gasteiger partial charge on any atom is -0.323 e. The van der Waals surface area contributed by atoms with Crippen LogP contribution in [0.2, 0.25) is 5.02 Å². The van der Waals surface area contributed by atoms with E-state index in [0.29, 0.717) is 16.4 Å². The molecule has 1 heterocycles. The van der Waals surface area contributed by atoms with Crippen molar-refractivity contribution in [3.05, 3.63) is 75.5 Å². The van der Waals surface area contributed by atoms with E-state index in [0.717, 1.165) is 15.8 Å². The predicted molar refractivity (Wildman–Crippen MR) is 118 cm³/mol. The van der Waals surface area contributed by atoms with Crippen LogP contribution in [-0.4, -0.2) is 21.6 Å². The van der Waals surface area contributed by atoms with Crippen LogP contribution >= 0.6 is 11.6 Å².